The Bertz CT molecular complexity index is 2950. The first kappa shape index (κ1) is 67.5. The number of methoxy groups -OCH3 is 1. The number of nitrogens with zero attached hydrogens (tertiary/aromatic N) is 3. The zero-order chi connectivity index (χ0) is 62.7. The second-order valence-corrected chi connectivity index (χ2v) is 24.6. The van der Waals surface area contributed by atoms with Gasteiger partial charge >= 0.3 is 18.0 Å². The third-order valence-electron chi connectivity index (χ3n) is 16.8. The smallest absolute Gasteiger partial charge is 0.328 e. The van der Waals surface area contributed by atoms with Crippen molar-refractivity contribution >= 4 is 87.7 Å². The number of nitrogens with one attached hydrogen (secondary N) is 2. The molecule has 4 heterocycles. The Balaban J connectivity index is 1.14. The van der Waals surface area contributed by atoms with Gasteiger partial charge in [-0.05, 0) is 118 Å². The number of imide groups is 1. The molecule has 20 nitrogen and oxygen atoms in total. The molecule has 22 heteroatoms. The fraction of sp³-hybridized carbons (Fsp3) is 0.556. The number of allylic oxidation sites excluding steroid dienone is 3. The van der Waals surface area contributed by atoms with Gasteiger partial charge in [0.05, 0.1) is 35.7 Å². The molecule has 5 N–H and O–H groups in total. The van der Waals surface area contributed by atoms with Crippen LogP contribution in [0.25, 0.3) is 0 Å². The molecule has 0 aliphatic carbocycles. The van der Waals surface area contributed by atoms with Gasteiger partial charge in [-0.2, -0.15) is 0 Å². The van der Waals surface area contributed by atoms with E-state index in [0.717, 1.165) is 23.1 Å². The minimum atomic E-state index is -1.64. The minimum absolute atomic E-state index is 0.00381. The molecular weight excluding hydrogens is 1130 g/mol. The predicted octanol–water partition coefficient (Wildman–Crippen LogP) is 6.94. The molecule has 462 valence electrons. The average molecular weight is 1220 g/mol. The summed E-state index contributed by atoms with van der Waals surface area (Å²) in [5, 5.41) is 17.8. The number of esters is 2. The standard InChI is InChI=1S/C63H83ClN6O14S/c1-36(2)45(32-44(85)17-12-11-13-27-70-52(72)24-25-53(70)73)58(76)67-46(18-15-26-66-61(65)79)48(71)31-41-20-22-43(23-21-41)59(77)68(8)40(6)60(78)83-51-33-54(74)69(9)47-30-42(29-38(4)56(47)64)28-37(3)16-14-19-50(81-10)63(80)34-49(82-55(75)35-63)39(5)57-62(51,7)84-57/h14,16,19-25,29-30,36,39-40,45-46,49-51,57,80H,11-13,15,17-18,26-28,31-35H2,1-10H3,(H,67,76)(H3,65,66,79)/b19-14+,37-16+/t39-,40+,45+,46+,49+,50-,51+,57+,62+,63-/m1/s1. The summed E-state index contributed by atoms with van der Waals surface area (Å²) in [5.41, 5.74) is 6.07. The highest BCUT2D eigenvalue weighted by Gasteiger charge is 2.64. The quantitative estimate of drug-likeness (QED) is 0.0288. The molecule has 0 unspecified atom stereocenters. The number of thiocarbonyl (C=S) groups is 1. The lowest BCUT2D eigenvalue weighted by atomic mass is 9.78. The van der Waals surface area contributed by atoms with Gasteiger partial charge < -0.3 is 50.2 Å². The number of rotatable bonds is 23. The van der Waals surface area contributed by atoms with Crippen LogP contribution < -0.4 is 21.3 Å². The number of hydrogen-bond acceptors (Lipinski definition) is 15. The molecule has 6 rings (SSSR count). The molecule has 7 amide bonds. The number of epoxide rings is 1. The van der Waals surface area contributed by atoms with Crippen molar-refractivity contribution in [2.75, 3.05) is 39.2 Å². The van der Waals surface area contributed by atoms with Gasteiger partial charge in [-0.3, -0.25) is 38.5 Å². The summed E-state index contributed by atoms with van der Waals surface area (Å²) >= 11 is 12.6. The number of nitrogens with two attached hydrogens (primary N) is 1. The normalized spacial score (nSPS) is 25.4. The Morgan fingerprint density at radius 2 is 1.68 bits per heavy atom. The van der Waals surface area contributed by atoms with Gasteiger partial charge in [-0.25, -0.2) is 9.59 Å². The van der Waals surface area contributed by atoms with E-state index >= 15 is 0 Å². The van der Waals surface area contributed by atoms with E-state index in [1.807, 2.05) is 45.9 Å². The third kappa shape index (κ3) is 17.5. The SMILES string of the molecule is CO[C@@H]1/C=C/C=C(\C)Cc2cc(C)c(Cl)c(c2)N(C)C(=O)C[C@H](OC(=O)[C@H](C)N(C)C(=O)c2ccc(CC(=O)[C@H](CCCNC(N)=O)NC(=O)[C@@H](CC(=S)CCCCCN3C(=O)C=CC3=O)C(C)C)cc2)[C@]2(C)O[C@H]2[C@H](C)[C@@H]2C[C@@]1(O)CC(=O)O2. The third-order valence-corrected chi connectivity index (χ3v) is 17.6. The summed E-state index contributed by atoms with van der Waals surface area (Å²) < 4.78 is 24.2. The van der Waals surface area contributed by atoms with Crippen LogP contribution >= 0.6 is 23.8 Å². The number of Topliss-reactive ketones (excluding diaryl/α,β-unsaturated/α-hetero) is 1. The number of unbranched alkanes of at least 4 members (excludes halogenated alkanes) is 2. The van der Waals surface area contributed by atoms with E-state index in [1.165, 1.54) is 60.1 Å². The number of hydrogen-bond donors (Lipinski definition) is 4. The van der Waals surface area contributed by atoms with Gasteiger partial charge in [0.1, 0.15) is 35.6 Å². The summed E-state index contributed by atoms with van der Waals surface area (Å²) in [5.74, 6) is -5.02. The monoisotopic (exact) mass is 1210 g/mol. The van der Waals surface area contributed by atoms with E-state index in [4.69, 9.17) is 48.5 Å². The Hall–Kier alpha value is -6.65. The number of anilines is 1. The molecular formula is C63H83ClN6O14S. The van der Waals surface area contributed by atoms with E-state index in [1.54, 1.807) is 45.2 Å². The molecule has 4 bridgehead atoms. The van der Waals surface area contributed by atoms with Crippen LogP contribution in [0.1, 0.15) is 133 Å². The lowest BCUT2D eigenvalue weighted by molar-refractivity contribution is -0.187. The maximum Gasteiger partial charge on any atom is 0.328 e. The summed E-state index contributed by atoms with van der Waals surface area (Å²) in [6.07, 6.45) is 7.36. The summed E-state index contributed by atoms with van der Waals surface area (Å²) in [7, 11) is 4.48. The first-order valence-electron chi connectivity index (χ1n) is 29.1. The predicted molar refractivity (Wildman–Crippen MR) is 323 cm³/mol. The Kier molecular flexibility index (Phi) is 23.5. The molecule has 2 aromatic carbocycles. The number of amides is 7. The molecule has 0 aromatic heterocycles. The number of ketones is 1. The first-order valence-corrected chi connectivity index (χ1v) is 29.9. The van der Waals surface area contributed by atoms with Gasteiger partial charge in [0.2, 0.25) is 11.8 Å². The summed E-state index contributed by atoms with van der Waals surface area (Å²) in [6.45, 7) is 13.1. The number of ether oxygens (including phenoxy) is 4. The summed E-state index contributed by atoms with van der Waals surface area (Å²) in [4.78, 5) is 124. The minimum Gasteiger partial charge on any atom is -0.462 e. The Morgan fingerprint density at radius 1 is 1.00 bits per heavy atom. The van der Waals surface area contributed by atoms with Crippen LogP contribution in [-0.4, -0.2) is 155 Å². The van der Waals surface area contributed by atoms with Gasteiger partial charge in [-0.1, -0.05) is 93.0 Å². The van der Waals surface area contributed by atoms with Gasteiger partial charge in [0.25, 0.3) is 17.7 Å². The first-order chi connectivity index (χ1) is 40.1. The second kappa shape index (κ2) is 29.6. The number of primary amides is 1. The fourth-order valence-electron chi connectivity index (χ4n) is 11.3. The van der Waals surface area contributed by atoms with E-state index < -0.39 is 89.3 Å². The molecule has 0 radical (unpaired) electrons. The van der Waals surface area contributed by atoms with E-state index in [0.29, 0.717) is 66.2 Å². The van der Waals surface area contributed by atoms with Gasteiger partial charge in [0, 0.05) is 76.7 Å². The highest BCUT2D eigenvalue weighted by Crippen LogP contribution is 2.50. The number of fused-ring (bicyclic) bond motifs is 5. The Morgan fingerprint density at radius 3 is 2.33 bits per heavy atom. The van der Waals surface area contributed by atoms with Crippen LogP contribution in [0.4, 0.5) is 10.5 Å². The lowest BCUT2D eigenvalue weighted by Gasteiger charge is -2.41. The van der Waals surface area contributed by atoms with Crippen LogP contribution in [0.3, 0.4) is 0 Å². The van der Waals surface area contributed by atoms with E-state index in [-0.39, 0.29) is 73.6 Å². The number of carbonyl (C=O) groups is 9. The number of likely N-dealkylation sites (N-methyl/N-ethyl adjacent to an activating group) is 1. The van der Waals surface area contributed by atoms with Crippen LogP contribution in [0, 0.1) is 24.7 Å². The molecule has 2 fully saturated rings. The van der Waals surface area contributed by atoms with Crippen LogP contribution in [0.5, 0.6) is 0 Å². The van der Waals surface area contributed by atoms with Crippen LogP contribution in [0.2, 0.25) is 5.02 Å². The van der Waals surface area contributed by atoms with Crippen molar-refractivity contribution in [3.63, 3.8) is 0 Å². The zero-order valence-corrected chi connectivity index (χ0v) is 52.0. The maximum absolute atomic E-state index is 14.5. The summed E-state index contributed by atoms with van der Waals surface area (Å²) in [6, 6.07) is 7.17. The van der Waals surface area contributed by atoms with Crippen molar-refractivity contribution < 1.29 is 67.2 Å². The van der Waals surface area contributed by atoms with Crippen molar-refractivity contribution in [2.45, 2.75) is 173 Å². The highest BCUT2D eigenvalue weighted by molar-refractivity contribution is 7.80. The van der Waals surface area contributed by atoms with Crippen molar-refractivity contribution in [2.24, 2.45) is 23.5 Å². The molecule has 4 aliphatic heterocycles. The number of benzene rings is 2. The lowest BCUT2D eigenvalue weighted by Crippen LogP contribution is -2.53. The molecule has 0 spiro atoms. The number of aryl methyl sites for hydroxylation is 1. The number of carbonyl (C=O) groups excluding carboxylic acids is 9. The van der Waals surface area contributed by atoms with Gasteiger partial charge in [0.15, 0.2) is 5.78 Å². The Labute approximate surface area is 508 Å². The van der Waals surface area contributed by atoms with Crippen molar-refractivity contribution in [1.82, 2.24) is 20.4 Å². The van der Waals surface area contributed by atoms with Crippen LogP contribution in [-0.2, 0) is 65.4 Å². The van der Waals surface area contributed by atoms with Crippen molar-refractivity contribution in [1.29, 1.82) is 0 Å². The maximum atomic E-state index is 14.5. The highest BCUT2D eigenvalue weighted by atomic mass is 35.5. The largest absolute Gasteiger partial charge is 0.462 e. The average Bonchev–Trinajstić information content (AvgIpc) is 1.64. The van der Waals surface area contributed by atoms with Gasteiger partial charge in [-0.15, -0.1) is 0 Å². The van der Waals surface area contributed by atoms with E-state index in [2.05, 4.69) is 10.6 Å². The van der Waals surface area contributed by atoms with E-state index in [9.17, 15) is 48.3 Å². The van der Waals surface area contributed by atoms with Crippen molar-refractivity contribution in [3.8, 4) is 0 Å². The topological polar surface area (TPSA) is 274 Å². The molecule has 10 atom stereocenters. The van der Waals surface area contributed by atoms with Crippen molar-refractivity contribution in [3.05, 3.63) is 99.6 Å². The second-order valence-electron chi connectivity index (χ2n) is 23.6. The number of halogens is 1. The molecule has 4 aliphatic rings. The van der Waals surface area contributed by atoms with Crippen LogP contribution in [0.15, 0.2) is 72.4 Å². The zero-order valence-electron chi connectivity index (χ0n) is 50.4. The molecule has 2 saturated heterocycles. The molecule has 2 aromatic rings. The molecule has 0 saturated carbocycles. The molecule has 85 heavy (non-hydrogen) atoms. The number of urea groups is 1. The fourth-order valence-corrected chi connectivity index (χ4v) is 11.8. The number of aliphatic hydroxyl groups is 1.